The van der Waals surface area contributed by atoms with Crippen molar-refractivity contribution in [2.75, 3.05) is 0 Å². The van der Waals surface area contributed by atoms with Crippen molar-refractivity contribution < 1.29 is 36.0 Å². The molecule has 0 aliphatic heterocycles. The largest absolute Gasteiger partial charge is 0.488 e. The van der Waals surface area contributed by atoms with E-state index in [-0.39, 0.29) is 18.1 Å². The van der Waals surface area contributed by atoms with E-state index in [0.29, 0.717) is 17.7 Å². The predicted octanol–water partition coefficient (Wildman–Crippen LogP) is 1.00. The van der Waals surface area contributed by atoms with E-state index < -0.39 is 39.6 Å². The average molecular weight is 377 g/mol. The summed E-state index contributed by atoms with van der Waals surface area (Å²) in [5.41, 5.74) is -0.804. The van der Waals surface area contributed by atoms with Gasteiger partial charge in [0.1, 0.15) is 5.82 Å². The number of rotatable bonds is 5. The van der Waals surface area contributed by atoms with Crippen molar-refractivity contribution in [1.29, 1.82) is 0 Å². The number of benzene rings is 2. The van der Waals surface area contributed by atoms with Gasteiger partial charge < -0.3 is 10.0 Å². The highest BCUT2D eigenvalue weighted by Crippen LogP contribution is 2.31. The van der Waals surface area contributed by atoms with Crippen LogP contribution in [0.3, 0.4) is 0 Å². The number of sulfonamides is 1. The van der Waals surface area contributed by atoms with Gasteiger partial charge in [-0.3, -0.25) is 0 Å². The van der Waals surface area contributed by atoms with Crippen molar-refractivity contribution in [2.45, 2.75) is 17.6 Å². The van der Waals surface area contributed by atoms with Crippen molar-refractivity contribution >= 4 is 22.6 Å². The van der Waals surface area contributed by atoms with Gasteiger partial charge >= 0.3 is 13.3 Å². The summed E-state index contributed by atoms with van der Waals surface area (Å²) in [7, 11) is -6.06. The number of halogens is 4. The van der Waals surface area contributed by atoms with Crippen molar-refractivity contribution in [3.8, 4) is 0 Å². The van der Waals surface area contributed by atoms with Gasteiger partial charge in [0.25, 0.3) is 0 Å². The average Bonchev–Trinajstić information content (AvgIpc) is 2.52. The minimum atomic E-state index is -4.88. The Morgan fingerprint density at radius 3 is 2.16 bits per heavy atom. The van der Waals surface area contributed by atoms with E-state index in [2.05, 4.69) is 4.72 Å². The molecule has 0 atom stereocenters. The van der Waals surface area contributed by atoms with E-state index in [1.165, 1.54) is 24.3 Å². The van der Waals surface area contributed by atoms with E-state index in [1.807, 2.05) is 0 Å². The Balaban J connectivity index is 2.20. The Morgan fingerprint density at radius 2 is 1.64 bits per heavy atom. The van der Waals surface area contributed by atoms with Crippen LogP contribution >= 0.6 is 0 Å². The molecule has 0 spiro atoms. The molecular formula is C14H12BF4NO4S. The maximum Gasteiger partial charge on any atom is 0.488 e. The van der Waals surface area contributed by atoms with E-state index in [4.69, 9.17) is 10.0 Å². The highest BCUT2D eigenvalue weighted by atomic mass is 32.2. The number of alkyl halides is 3. The third kappa shape index (κ3) is 5.02. The lowest BCUT2D eigenvalue weighted by molar-refractivity contribution is -0.137. The minimum Gasteiger partial charge on any atom is -0.423 e. The fourth-order valence-electron chi connectivity index (χ4n) is 1.95. The van der Waals surface area contributed by atoms with Gasteiger partial charge in [0.2, 0.25) is 10.0 Å². The fraction of sp³-hybridized carbons (Fsp3) is 0.143. The first kappa shape index (κ1) is 19.4. The van der Waals surface area contributed by atoms with Crippen LogP contribution in [0.25, 0.3) is 0 Å². The molecule has 0 saturated carbocycles. The highest BCUT2D eigenvalue weighted by Gasteiger charge is 2.32. The van der Waals surface area contributed by atoms with Crippen LogP contribution in [-0.4, -0.2) is 25.6 Å². The molecule has 0 amide bonds. The van der Waals surface area contributed by atoms with Gasteiger partial charge in [-0.1, -0.05) is 24.3 Å². The topological polar surface area (TPSA) is 86.6 Å². The van der Waals surface area contributed by atoms with Crippen LogP contribution in [0.4, 0.5) is 17.6 Å². The van der Waals surface area contributed by atoms with Crippen LogP contribution in [0.2, 0.25) is 0 Å². The molecule has 0 fully saturated rings. The third-order valence-electron chi connectivity index (χ3n) is 3.25. The smallest absolute Gasteiger partial charge is 0.423 e. The lowest BCUT2D eigenvalue weighted by atomic mass is 9.80. The molecule has 25 heavy (non-hydrogen) atoms. The molecule has 0 heterocycles. The third-order valence-corrected chi connectivity index (χ3v) is 4.63. The van der Waals surface area contributed by atoms with Crippen LogP contribution in [0.5, 0.6) is 0 Å². The van der Waals surface area contributed by atoms with E-state index in [1.54, 1.807) is 0 Å². The molecule has 0 radical (unpaired) electrons. The monoisotopic (exact) mass is 377 g/mol. The minimum absolute atomic E-state index is 0.187. The van der Waals surface area contributed by atoms with E-state index >= 15 is 0 Å². The summed E-state index contributed by atoms with van der Waals surface area (Å²) < 4.78 is 77.6. The summed E-state index contributed by atoms with van der Waals surface area (Å²) >= 11 is 0. The summed E-state index contributed by atoms with van der Waals surface area (Å²) in [5.74, 6) is -1.32. The Morgan fingerprint density at radius 1 is 1.04 bits per heavy atom. The van der Waals surface area contributed by atoms with Crippen LogP contribution in [0.15, 0.2) is 47.4 Å². The molecular weight excluding hydrogens is 365 g/mol. The Kier molecular flexibility index (Phi) is 5.52. The second-order valence-corrected chi connectivity index (χ2v) is 6.88. The molecule has 2 aromatic carbocycles. The van der Waals surface area contributed by atoms with Gasteiger partial charge in [-0.25, -0.2) is 17.5 Å². The van der Waals surface area contributed by atoms with Gasteiger partial charge in [-0.05, 0) is 29.2 Å². The summed E-state index contributed by atoms with van der Waals surface area (Å²) in [6.45, 7) is -0.276. The number of hydrogen-bond donors (Lipinski definition) is 3. The summed E-state index contributed by atoms with van der Waals surface area (Å²) in [5, 5.41) is 17.9. The molecule has 0 aliphatic rings. The molecule has 0 unspecified atom stereocenters. The van der Waals surface area contributed by atoms with Gasteiger partial charge in [-0.15, -0.1) is 0 Å². The predicted molar refractivity (Wildman–Crippen MR) is 81.7 cm³/mol. The zero-order valence-electron chi connectivity index (χ0n) is 12.5. The number of hydrogen-bond acceptors (Lipinski definition) is 4. The molecule has 0 saturated heterocycles. The fourth-order valence-corrected chi connectivity index (χ4v) is 3.02. The van der Waals surface area contributed by atoms with Gasteiger partial charge in [-0.2, -0.15) is 13.2 Å². The summed E-state index contributed by atoms with van der Waals surface area (Å²) in [6.07, 6.45) is -4.88. The molecule has 11 heteroatoms. The molecule has 0 aromatic heterocycles. The standard InChI is InChI=1S/C14H12BF4NO4S/c16-12-5-10(14(17,18)19)6-13(7-12)25(23,24)20-8-9-1-3-11(4-2-9)15(21)22/h1-7,20-22H,8H2. The lowest BCUT2D eigenvalue weighted by Crippen LogP contribution is -2.30. The van der Waals surface area contributed by atoms with E-state index in [9.17, 15) is 26.0 Å². The highest BCUT2D eigenvalue weighted by molar-refractivity contribution is 7.89. The molecule has 3 N–H and O–H groups in total. The summed E-state index contributed by atoms with van der Waals surface area (Å²) in [4.78, 5) is -0.845. The summed E-state index contributed by atoms with van der Waals surface area (Å²) in [6, 6.07) is 6.54. The number of nitrogens with one attached hydrogen (secondary N) is 1. The van der Waals surface area contributed by atoms with Gasteiger partial charge in [0, 0.05) is 6.54 Å². The first-order valence-electron chi connectivity index (χ1n) is 6.81. The maximum atomic E-state index is 13.3. The lowest BCUT2D eigenvalue weighted by Gasteiger charge is -2.11. The van der Waals surface area contributed by atoms with Crippen LogP contribution < -0.4 is 10.2 Å². The Bertz CT molecular complexity index is 854. The molecule has 2 aromatic rings. The second-order valence-electron chi connectivity index (χ2n) is 5.11. The first-order chi connectivity index (χ1) is 11.5. The normalized spacial score (nSPS) is 12.2. The molecule has 5 nitrogen and oxygen atoms in total. The molecule has 0 aliphatic carbocycles. The first-order valence-corrected chi connectivity index (χ1v) is 8.30. The molecule has 134 valence electrons. The zero-order valence-corrected chi connectivity index (χ0v) is 13.3. The van der Waals surface area contributed by atoms with Crippen molar-refractivity contribution in [2.24, 2.45) is 0 Å². The Hall–Kier alpha value is -1.95. The van der Waals surface area contributed by atoms with E-state index in [0.717, 1.165) is 0 Å². The van der Waals surface area contributed by atoms with Crippen LogP contribution in [0.1, 0.15) is 11.1 Å². The molecule has 0 bridgehead atoms. The Labute approximate surface area is 141 Å². The van der Waals surface area contributed by atoms with Crippen molar-refractivity contribution in [3.05, 3.63) is 59.4 Å². The van der Waals surface area contributed by atoms with Crippen molar-refractivity contribution in [1.82, 2.24) is 4.72 Å². The van der Waals surface area contributed by atoms with Crippen LogP contribution in [-0.2, 0) is 22.7 Å². The second kappa shape index (κ2) is 7.12. The van der Waals surface area contributed by atoms with Crippen molar-refractivity contribution in [3.63, 3.8) is 0 Å². The SMILES string of the molecule is O=S(=O)(NCc1ccc(B(O)O)cc1)c1cc(F)cc(C(F)(F)F)c1. The maximum absolute atomic E-state index is 13.3. The zero-order chi connectivity index (χ0) is 18.8. The van der Waals surface area contributed by atoms with Gasteiger partial charge in [0.05, 0.1) is 10.5 Å². The molecule has 2 rings (SSSR count). The quantitative estimate of drug-likeness (QED) is 0.536. The van der Waals surface area contributed by atoms with Crippen LogP contribution in [0, 0.1) is 5.82 Å². The van der Waals surface area contributed by atoms with Gasteiger partial charge in [0.15, 0.2) is 0 Å².